The minimum Gasteiger partial charge on any atom is -0.502 e. The van der Waals surface area contributed by atoms with Crippen LogP contribution in [0.25, 0.3) is 0 Å². The Kier molecular flexibility index (Phi) is 4.14. The van der Waals surface area contributed by atoms with Crippen LogP contribution >= 0.6 is 11.6 Å². The van der Waals surface area contributed by atoms with E-state index in [1.807, 2.05) is 0 Å². The van der Waals surface area contributed by atoms with Crippen molar-refractivity contribution in [2.24, 2.45) is 11.3 Å². The molecule has 33 heavy (non-hydrogen) atoms. The van der Waals surface area contributed by atoms with E-state index in [0.717, 1.165) is 19.3 Å². The average Bonchev–Trinajstić information content (AvgIpc) is 3.35. The van der Waals surface area contributed by atoms with Gasteiger partial charge in [0, 0.05) is 24.1 Å². The van der Waals surface area contributed by atoms with E-state index >= 15 is 0 Å². The smallest absolute Gasteiger partial charge is 0.296 e. The first-order valence-electron chi connectivity index (χ1n) is 11.3. The summed E-state index contributed by atoms with van der Waals surface area (Å²) in [5.41, 5.74) is -0.529. The lowest BCUT2D eigenvalue weighted by Crippen LogP contribution is -2.52. The van der Waals surface area contributed by atoms with Crippen LogP contribution in [0.3, 0.4) is 0 Å². The lowest BCUT2D eigenvalue weighted by Gasteiger charge is -2.37. The standard InChI is InChI=1S/C24H23ClFN3O4/c1-2-23-10-13(23)5-7-24(23)27-20(31)18-14-6-8-28(11-12-3-4-16(26)15(25)9-12)21(32)17(14)19(30)22(33)29(18)24/h3-4,9,13,30H,2,5-8,10-11H2,1H3,(H,27,31). The molecule has 3 heterocycles. The molecular weight excluding hydrogens is 449 g/mol. The van der Waals surface area contributed by atoms with Crippen LogP contribution in [0.2, 0.25) is 5.02 Å². The molecule has 1 aromatic heterocycles. The lowest BCUT2D eigenvalue weighted by molar-refractivity contribution is 0.0718. The van der Waals surface area contributed by atoms with Gasteiger partial charge in [-0.1, -0.05) is 24.6 Å². The van der Waals surface area contributed by atoms with Crippen LogP contribution in [-0.4, -0.2) is 32.9 Å². The van der Waals surface area contributed by atoms with Gasteiger partial charge in [-0.25, -0.2) is 4.39 Å². The van der Waals surface area contributed by atoms with Crippen molar-refractivity contribution >= 4 is 23.4 Å². The number of hydrogen-bond acceptors (Lipinski definition) is 4. The lowest BCUT2D eigenvalue weighted by atomic mass is 9.87. The van der Waals surface area contributed by atoms with Crippen molar-refractivity contribution < 1.29 is 19.1 Å². The highest BCUT2D eigenvalue weighted by Gasteiger charge is 2.73. The van der Waals surface area contributed by atoms with Gasteiger partial charge in [0.1, 0.15) is 17.2 Å². The molecule has 2 N–H and O–H groups in total. The molecule has 2 amide bonds. The summed E-state index contributed by atoms with van der Waals surface area (Å²) in [5, 5.41) is 14.0. The third kappa shape index (κ3) is 2.47. The van der Waals surface area contributed by atoms with Gasteiger partial charge in [-0.3, -0.25) is 19.0 Å². The van der Waals surface area contributed by atoms with Crippen molar-refractivity contribution in [2.45, 2.75) is 51.2 Å². The van der Waals surface area contributed by atoms with Gasteiger partial charge in [0.15, 0.2) is 5.75 Å². The van der Waals surface area contributed by atoms with Gasteiger partial charge in [-0.15, -0.1) is 0 Å². The van der Waals surface area contributed by atoms with Gasteiger partial charge in [-0.2, -0.15) is 0 Å². The van der Waals surface area contributed by atoms with Crippen LogP contribution in [0, 0.1) is 17.2 Å². The highest BCUT2D eigenvalue weighted by molar-refractivity contribution is 6.30. The Hall–Kier alpha value is -2.87. The Balaban J connectivity index is 1.45. The fraction of sp³-hybridized carbons (Fsp3) is 0.458. The summed E-state index contributed by atoms with van der Waals surface area (Å²) in [7, 11) is 0. The number of halogens is 2. The number of amides is 2. The number of fused-ring (bicyclic) bond motifs is 6. The molecule has 2 aromatic rings. The summed E-state index contributed by atoms with van der Waals surface area (Å²) < 4.78 is 15.0. The number of hydrogen-bond donors (Lipinski definition) is 2. The summed E-state index contributed by atoms with van der Waals surface area (Å²) in [6.07, 6.45) is 3.67. The summed E-state index contributed by atoms with van der Waals surface area (Å²) in [6.45, 7) is 2.52. The van der Waals surface area contributed by atoms with E-state index in [4.69, 9.17) is 11.6 Å². The summed E-state index contributed by atoms with van der Waals surface area (Å²) >= 11 is 5.87. The van der Waals surface area contributed by atoms with Gasteiger partial charge in [0.25, 0.3) is 17.4 Å². The quantitative estimate of drug-likeness (QED) is 0.719. The minimum absolute atomic E-state index is 0.0435. The molecule has 1 spiro atoms. The van der Waals surface area contributed by atoms with Crippen LogP contribution in [0.15, 0.2) is 23.0 Å². The van der Waals surface area contributed by atoms with E-state index in [0.29, 0.717) is 36.4 Å². The monoisotopic (exact) mass is 471 g/mol. The van der Waals surface area contributed by atoms with Crippen LogP contribution in [-0.2, 0) is 18.6 Å². The zero-order chi connectivity index (χ0) is 23.3. The van der Waals surface area contributed by atoms with E-state index in [9.17, 15) is 23.9 Å². The molecule has 2 saturated carbocycles. The molecule has 6 rings (SSSR count). The molecule has 4 aliphatic rings. The third-order valence-electron chi connectivity index (χ3n) is 8.40. The zero-order valence-electron chi connectivity index (χ0n) is 18.1. The molecule has 9 heteroatoms. The number of aromatic nitrogens is 1. The second-order valence-electron chi connectivity index (χ2n) is 9.68. The van der Waals surface area contributed by atoms with E-state index < -0.39 is 28.7 Å². The van der Waals surface area contributed by atoms with Crippen molar-refractivity contribution in [1.29, 1.82) is 0 Å². The second-order valence-corrected chi connectivity index (χ2v) is 10.1. The van der Waals surface area contributed by atoms with E-state index in [-0.39, 0.29) is 34.1 Å². The third-order valence-corrected chi connectivity index (χ3v) is 8.69. The Labute approximate surface area is 194 Å². The van der Waals surface area contributed by atoms with Gasteiger partial charge < -0.3 is 15.3 Å². The Morgan fingerprint density at radius 2 is 2.09 bits per heavy atom. The molecule has 2 fully saturated rings. The van der Waals surface area contributed by atoms with Gasteiger partial charge in [0.2, 0.25) is 0 Å². The number of carbonyl (C=O) groups excluding carboxylic acids is 2. The fourth-order valence-corrected chi connectivity index (χ4v) is 6.95. The summed E-state index contributed by atoms with van der Waals surface area (Å²) in [4.78, 5) is 41.5. The molecule has 1 aromatic carbocycles. The van der Waals surface area contributed by atoms with Crippen LogP contribution in [0.4, 0.5) is 4.39 Å². The molecule has 3 unspecified atom stereocenters. The van der Waals surface area contributed by atoms with E-state index in [1.165, 1.54) is 27.7 Å². The topological polar surface area (TPSA) is 91.6 Å². The van der Waals surface area contributed by atoms with Crippen LogP contribution in [0.1, 0.15) is 64.6 Å². The highest BCUT2D eigenvalue weighted by atomic mass is 35.5. The van der Waals surface area contributed by atoms with Gasteiger partial charge >= 0.3 is 0 Å². The predicted molar refractivity (Wildman–Crippen MR) is 118 cm³/mol. The van der Waals surface area contributed by atoms with Crippen molar-refractivity contribution in [2.75, 3.05) is 6.54 Å². The summed E-state index contributed by atoms with van der Waals surface area (Å²) in [6, 6.07) is 4.22. The van der Waals surface area contributed by atoms with Crippen molar-refractivity contribution in [1.82, 2.24) is 14.8 Å². The predicted octanol–water partition coefficient (Wildman–Crippen LogP) is 3.15. The maximum atomic E-state index is 13.5. The normalized spacial score (nSPS) is 29.2. The number of benzene rings is 1. The van der Waals surface area contributed by atoms with Gasteiger partial charge in [-0.05, 0) is 55.7 Å². The Bertz CT molecular complexity index is 1320. The summed E-state index contributed by atoms with van der Waals surface area (Å²) in [5.74, 6) is -1.57. The van der Waals surface area contributed by atoms with Gasteiger partial charge in [0.05, 0.1) is 10.6 Å². The first kappa shape index (κ1) is 20.7. The van der Waals surface area contributed by atoms with Crippen molar-refractivity contribution in [3.8, 4) is 5.75 Å². The average molecular weight is 472 g/mol. The zero-order valence-corrected chi connectivity index (χ0v) is 18.8. The molecule has 7 nitrogen and oxygen atoms in total. The van der Waals surface area contributed by atoms with Crippen LogP contribution in [0.5, 0.6) is 5.75 Å². The fourth-order valence-electron chi connectivity index (χ4n) is 6.75. The number of pyridine rings is 1. The van der Waals surface area contributed by atoms with E-state index in [1.54, 1.807) is 0 Å². The van der Waals surface area contributed by atoms with Crippen LogP contribution < -0.4 is 10.9 Å². The number of rotatable bonds is 3. The van der Waals surface area contributed by atoms with Crippen molar-refractivity contribution in [3.05, 3.63) is 61.8 Å². The SMILES string of the molecule is CCC12CC1CCC21NC(=O)c2c3c(c(O)c(=O)n21)C(=O)N(Cc1ccc(F)c(Cl)c1)CC3. The maximum absolute atomic E-state index is 13.5. The molecule has 3 atom stereocenters. The number of carbonyl (C=O) groups is 2. The molecule has 0 saturated heterocycles. The van der Waals surface area contributed by atoms with E-state index in [2.05, 4.69) is 12.2 Å². The number of nitrogens with zero attached hydrogens (tertiary/aromatic N) is 2. The first-order chi connectivity index (χ1) is 15.7. The molecule has 2 aliphatic carbocycles. The first-order valence-corrected chi connectivity index (χ1v) is 11.7. The highest BCUT2D eigenvalue weighted by Crippen LogP contribution is 2.72. The van der Waals surface area contributed by atoms with Crippen molar-refractivity contribution in [3.63, 3.8) is 0 Å². The molecule has 0 bridgehead atoms. The molecule has 0 radical (unpaired) electrons. The number of nitrogens with one attached hydrogen (secondary N) is 1. The Morgan fingerprint density at radius 3 is 2.79 bits per heavy atom. The molecule has 2 aliphatic heterocycles. The molecule has 172 valence electrons. The largest absolute Gasteiger partial charge is 0.502 e. The molecular formula is C24H23ClFN3O4. The Morgan fingerprint density at radius 1 is 1.30 bits per heavy atom. The maximum Gasteiger partial charge on any atom is 0.296 e. The second kappa shape index (κ2) is 6.59. The minimum atomic E-state index is -0.826. The number of aromatic hydroxyl groups is 1.